The Morgan fingerprint density at radius 2 is 2.24 bits per heavy atom. The van der Waals surface area contributed by atoms with Crippen LogP contribution in [0.4, 0.5) is 5.69 Å². The van der Waals surface area contributed by atoms with Crippen molar-refractivity contribution in [3.8, 4) is 0 Å². The fraction of sp³-hybridized carbons (Fsp3) is 0.294. The number of aromatic nitrogens is 1. The molecule has 3 rings (SSSR count). The van der Waals surface area contributed by atoms with Gasteiger partial charge in [-0.1, -0.05) is 6.07 Å². The first-order valence-electron chi connectivity index (χ1n) is 7.23. The van der Waals surface area contributed by atoms with Crippen LogP contribution < -0.4 is 5.73 Å². The standard InChI is InChI=1S/C17H19N3O/c1-12-8-14(10-15(18)9-12)17(21)20-7-3-5-16(20)13-4-2-6-19-11-13/h2,4,6,8-11,16H,3,5,7,18H2,1H3. The van der Waals surface area contributed by atoms with Gasteiger partial charge in [0, 0.05) is 30.2 Å². The van der Waals surface area contributed by atoms with Crippen LogP contribution in [-0.2, 0) is 0 Å². The summed E-state index contributed by atoms with van der Waals surface area (Å²) in [6, 6.07) is 9.60. The average Bonchev–Trinajstić information content (AvgIpc) is 2.95. The van der Waals surface area contributed by atoms with E-state index in [1.54, 1.807) is 12.3 Å². The highest BCUT2D eigenvalue weighted by molar-refractivity contribution is 5.95. The molecule has 1 unspecified atom stereocenters. The van der Waals surface area contributed by atoms with E-state index in [4.69, 9.17) is 5.73 Å². The summed E-state index contributed by atoms with van der Waals surface area (Å²) in [4.78, 5) is 18.9. The van der Waals surface area contributed by atoms with Crippen molar-refractivity contribution in [2.24, 2.45) is 0 Å². The van der Waals surface area contributed by atoms with Crippen LogP contribution in [0.15, 0.2) is 42.7 Å². The van der Waals surface area contributed by atoms with Crippen molar-refractivity contribution in [1.82, 2.24) is 9.88 Å². The van der Waals surface area contributed by atoms with Crippen molar-refractivity contribution in [2.45, 2.75) is 25.8 Å². The normalized spacial score (nSPS) is 18.0. The summed E-state index contributed by atoms with van der Waals surface area (Å²) in [7, 11) is 0. The third kappa shape index (κ3) is 2.75. The quantitative estimate of drug-likeness (QED) is 0.861. The molecule has 2 N–H and O–H groups in total. The van der Waals surface area contributed by atoms with E-state index < -0.39 is 0 Å². The van der Waals surface area contributed by atoms with Gasteiger partial charge in [0.15, 0.2) is 0 Å². The number of anilines is 1. The number of carbonyl (C=O) groups excluding carboxylic acids is 1. The van der Waals surface area contributed by atoms with Gasteiger partial charge in [-0.25, -0.2) is 0 Å². The third-order valence-electron chi connectivity index (χ3n) is 3.93. The Labute approximate surface area is 124 Å². The SMILES string of the molecule is Cc1cc(N)cc(C(=O)N2CCCC2c2cccnc2)c1. The van der Waals surface area contributed by atoms with Gasteiger partial charge in [0.1, 0.15) is 0 Å². The molecule has 1 aliphatic rings. The van der Waals surface area contributed by atoms with Gasteiger partial charge in [0.05, 0.1) is 6.04 Å². The number of benzene rings is 1. The third-order valence-corrected chi connectivity index (χ3v) is 3.93. The van der Waals surface area contributed by atoms with Crippen LogP contribution in [0.3, 0.4) is 0 Å². The van der Waals surface area contributed by atoms with E-state index in [1.807, 2.05) is 42.3 Å². The van der Waals surface area contributed by atoms with Crippen molar-refractivity contribution in [3.63, 3.8) is 0 Å². The first-order valence-corrected chi connectivity index (χ1v) is 7.23. The van der Waals surface area contributed by atoms with Crippen LogP contribution in [0, 0.1) is 6.92 Å². The zero-order valence-corrected chi connectivity index (χ0v) is 12.1. The molecule has 0 spiro atoms. The van der Waals surface area contributed by atoms with Gasteiger partial charge in [-0.3, -0.25) is 9.78 Å². The largest absolute Gasteiger partial charge is 0.399 e. The molecule has 0 bridgehead atoms. The van der Waals surface area contributed by atoms with Crippen molar-refractivity contribution in [3.05, 3.63) is 59.4 Å². The molecule has 1 fully saturated rings. The maximum atomic E-state index is 12.8. The van der Waals surface area contributed by atoms with E-state index in [9.17, 15) is 4.79 Å². The zero-order valence-electron chi connectivity index (χ0n) is 12.1. The van der Waals surface area contributed by atoms with Gasteiger partial charge < -0.3 is 10.6 Å². The van der Waals surface area contributed by atoms with Gasteiger partial charge >= 0.3 is 0 Å². The summed E-state index contributed by atoms with van der Waals surface area (Å²) >= 11 is 0. The summed E-state index contributed by atoms with van der Waals surface area (Å²) in [5, 5.41) is 0. The second-order valence-corrected chi connectivity index (χ2v) is 5.58. The highest BCUT2D eigenvalue weighted by Crippen LogP contribution is 2.32. The Morgan fingerprint density at radius 3 is 2.95 bits per heavy atom. The monoisotopic (exact) mass is 281 g/mol. The molecule has 1 amide bonds. The summed E-state index contributed by atoms with van der Waals surface area (Å²) in [6.45, 7) is 2.74. The Morgan fingerprint density at radius 1 is 1.38 bits per heavy atom. The van der Waals surface area contributed by atoms with E-state index in [0.717, 1.165) is 30.5 Å². The Balaban J connectivity index is 1.90. The lowest BCUT2D eigenvalue weighted by atomic mass is 10.1. The molecule has 1 aromatic carbocycles. The molecule has 1 saturated heterocycles. The first kappa shape index (κ1) is 13.6. The van der Waals surface area contributed by atoms with Crippen LogP contribution in [0.2, 0.25) is 0 Å². The number of nitrogen functional groups attached to an aromatic ring is 1. The van der Waals surface area contributed by atoms with Gasteiger partial charge in [-0.05, 0) is 55.2 Å². The van der Waals surface area contributed by atoms with Crippen LogP contribution in [0.1, 0.15) is 40.4 Å². The van der Waals surface area contributed by atoms with Crippen molar-refractivity contribution >= 4 is 11.6 Å². The molecule has 21 heavy (non-hydrogen) atoms. The highest BCUT2D eigenvalue weighted by Gasteiger charge is 2.30. The fourth-order valence-electron chi connectivity index (χ4n) is 3.03. The van der Waals surface area contributed by atoms with Gasteiger partial charge in [-0.2, -0.15) is 0 Å². The predicted octanol–water partition coefficient (Wildman–Crippen LogP) is 2.95. The Hall–Kier alpha value is -2.36. The second kappa shape index (κ2) is 5.56. The van der Waals surface area contributed by atoms with Crippen molar-refractivity contribution in [1.29, 1.82) is 0 Å². The minimum Gasteiger partial charge on any atom is -0.399 e. The van der Waals surface area contributed by atoms with Crippen molar-refractivity contribution < 1.29 is 4.79 Å². The number of pyridine rings is 1. The summed E-state index contributed by atoms with van der Waals surface area (Å²) < 4.78 is 0. The number of nitrogens with zero attached hydrogens (tertiary/aromatic N) is 2. The van der Waals surface area contributed by atoms with Crippen LogP contribution >= 0.6 is 0 Å². The number of hydrogen-bond acceptors (Lipinski definition) is 3. The minimum absolute atomic E-state index is 0.0525. The minimum atomic E-state index is 0.0525. The highest BCUT2D eigenvalue weighted by atomic mass is 16.2. The van der Waals surface area contributed by atoms with Gasteiger partial charge in [0.25, 0.3) is 5.91 Å². The Bertz CT molecular complexity index is 634. The Kier molecular flexibility index (Phi) is 3.60. The molecule has 2 aromatic rings. The number of amides is 1. The summed E-state index contributed by atoms with van der Waals surface area (Å²) in [5.74, 6) is 0.0525. The van der Waals surface area contributed by atoms with Gasteiger partial charge in [0.2, 0.25) is 0 Å². The molecule has 0 aliphatic carbocycles. The molecular weight excluding hydrogens is 262 g/mol. The first-order chi connectivity index (χ1) is 10.1. The molecule has 0 saturated carbocycles. The van der Waals surface area contributed by atoms with E-state index in [0.29, 0.717) is 11.3 Å². The number of nitrogens with two attached hydrogens (primary N) is 1. The lowest BCUT2D eigenvalue weighted by molar-refractivity contribution is 0.0735. The lowest BCUT2D eigenvalue weighted by Gasteiger charge is -2.25. The molecule has 0 radical (unpaired) electrons. The van der Waals surface area contributed by atoms with Crippen LogP contribution in [0.25, 0.3) is 0 Å². The second-order valence-electron chi connectivity index (χ2n) is 5.58. The summed E-state index contributed by atoms with van der Waals surface area (Å²) in [6.07, 6.45) is 5.61. The predicted molar refractivity (Wildman–Crippen MR) is 82.8 cm³/mol. The maximum absolute atomic E-state index is 12.8. The lowest BCUT2D eigenvalue weighted by Crippen LogP contribution is -2.30. The molecule has 1 atom stereocenters. The number of rotatable bonds is 2. The molecule has 2 heterocycles. The topological polar surface area (TPSA) is 59.2 Å². The van der Waals surface area contributed by atoms with Crippen LogP contribution in [-0.4, -0.2) is 22.3 Å². The molecule has 4 heteroatoms. The van der Waals surface area contributed by atoms with E-state index >= 15 is 0 Å². The molecular formula is C17H19N3O. The van der Waals surface area contributed by atoms with Gasteiger partial charge in [-0.15, -0.1) is 0 Å². The zero-order chi connectivity index (χ0) is 14.8. The molecule has 4 nitrogen and oxygen atoms in total. The van der Waals surface area contributed by atoms with Crippen molar-refractivity contribution in [2.75, 3.05) is 12.3 Å². The number of aryl methyl sites for hydroxylation is 1. The molecule has 1 aliphatic heterocycles. The smallest absolute Gasteiger partial charge is 0.254 e. The van der Waals surface area contributed by atoms with Crippen LogP contribution in [0.5, 0.6) is 0 Å². The number of hydrogen-bond donors (Lipinski definition) is 1. The number of likely N-dealkylation sites (tertiary alicyclic amines) is 1. The summed E-state index contributed by atoms with van der Waals surface area (Å²) in [5.41, 5.74) is 9.28. The molecule has 108 valence electrons. The van der Waals surface area contributed by atoms with E-state index in [1.165, 1.54) is 0 Å². The van der Waals surface area contributed by atoms with E-state index in [2.05, 4.69) is 4.98 Å². The fourth-order valence-corrected chi connectivity index (χ4v) is 3.03. The molecule has 1 aromatic heterocycles. The maximum Gasteiger partial charge on any atom is 0.254 e. The van der Waals surface area contributed by atoms with E-state index in [-0.39, 0.29) is 11.9 Å². The average molecular weight is 281 g/mol. The number of carbonyl (C=O) groups is 1.